The van der Waals surface area contributed by atoms with Crippen molar-refractivity contribution >= 4 is 33.5 Å². The summed E-state index contributed by atoms with van der Waals surface area (Å²) in [6.07, 6.45) is 0. The fourth-order valence-electron chi connectivity index (χ4n) is 1.64. The fraction of sp³-hybridized carbons (Fsp3) is 0. The topological polar surface area (TPSA) is 86.6 Å². The highest BCUT2D eigenvalue weighted by atomic mass is 79.9. The van der Waals surface area contributed by atoms with Gasteiger partial charge < -0.3 is 15.5 Å². The number of hydrogen-bond acceptors (Lipinski definition) is 3. The van der Waals surface area contributed by atoms with Gasteiger partial charge in [0.2, 0.25) is 0 Å². The number of halogens is 2. The minimum absolute atomic E-state index is 0.0571. The van der Waals surface area contributed by atoms with Crippen molar-refractivity contribution in [1.29, 1.82) is 0 Å². The Hall–Kier alpha value is -2.41. The summed E-state index contributed by atoms with van der Waals surface area (Å²) in [6, 6.07) is 7.25. The molecule has 0 spiro atoms. The van der Waals surface area contributed by atoms with Crippen LogP contribution < -0.4 is 5.32 Å². The molecule has 0 saturated heterocycles. The largest absolute Gasteiger partial charge is 0.507 e. The highest BCUT2D eigenvalue weighted by molar-refractivity contribution is 9.10. The van der Waals surface area contributed by atoms with Crippen molar-refractivity contribution in [3.05, 3.63) is 57.8 Å². The second-order valence-corrected chi connectivity index (χ2v) is 5.03. The van der Waals surface area contributed by atoms with Gasteiger partial charge in [-0.1, -0.05) is 15.9 Å². The zero-order valence-electron chi connectivity index (χ0n) is 10.4. The van der Waals surface area contributed by atoms with Gasteiger partial charge in [-0.05, 0) is 36.4 Å². The molecule has 0 aromatic heterocycles. The van der Waals surface area contributed by atoms with E-state index in [9.17, 15) is 19.1 Å². The van der Waals surface area contributed by atoms with Crippen molar-refractivity contribution < 1.29 is 24.2 Å². The minimum Gasteiger partial charge on any atom is -0.507 e. The molecule has 0 aliphatic rings. The number of benzene rings is 2. The Balaban J connectivity index is 2.31. The van der Waals surface area contributed by atoms with E-state index < -0.39 is 17.7 Å². The van der Waals surface area contributed by atoms with Crippen LogP contribution in [0.25, 0.3) is 0 Å². The van der Waals surface area contributed by atoms with Gasteiger partial charge in [-0.2, -0.15) is 0 Å². The maximum Gasteiger partial charge on any atom is 0.335 e. The third kappa shape index (κ3) is 3.38. The Morgan fingerprint density at radius 3 is 2.48 bits per heavy atom. The van der Waals surface area contributed by atoms with E-state index >= 15 is 0 Å². The average Bonchev–Trinajstić information content (AvgIpc) is 2.40. The number of amides is 1. The fourth-order valence-corrected chi connectivity index (χ4v) is 1.99. The van der Waals surface area contributed by atoms with E-state index in [1.807, 2.05) is 0 Å². The van der Waals surface area contributed by atoms with Gasteiger partial charge in [-0.25, -0.2) is 9.18 Å². The van der Waals surface area contributed by atoms with Crippen LogP contribution >= 0.6 is 15.9 Å². The number of carbonyl (C=O) groups is 2. The molecule has 0 bridgehead atoms. The molecule has 0 unspecified atom stereocenters. The van der Waals surface area contributed by atoms with E-state index in [0.717, 1.165) is 18.2 Å². The Kier molecular flexibility index (Phi) is 4.23. The lowest BCUT2D eigenvalue weighted by molar-refractivity contribution is 0.0696. The van der Waals surface area contributed by atoms with Crippen molar-refractivity contribution in [3.8, 4) is 5.75 Å². The third-order valence-electron chi connectivity index (χ3n) is 2.67. The highest BCUT2D eigenvalue weighted by Gasteiger charge is 2.15. The van der Waals surface area contributed by atoms with E-state index in [1.165, 1.54) is 12.1 Å². The molecule has 1 amide bonds. The number of carboxylic acids is 1. The SMILES string of the molecule is O=C(O)c1ccc(F)c(NC(=O)c2ccc(Br)cc2O)c1. The van der Waals surface area contributed by atoms with E-state index in [0.29, 0.717) is 4.47 Å². The quantitative estimate of drug-likeness (QED) is 0.790. The molecule has 0 atom stereocenters. The number of carboxylic acid groups (broad SMARTS) is 1. The van der Waals surface area contributed by atoms with Gasteiger partial charge in [0.1, 0.15) is 11.6 Å². The van der Waals surface area contributed by atoms with Crippen LogP contribution in [0.2, 0.25) is 0 Å². The lowest BCUT2D eigenvalue weighted by Gasteiger charge is -2.09. The Morgan fingerprint density at radius 1 is 1.14 bits per heavy atom. The Labute approximate surface area is 127 Å². The van der Waals surface area contributed by atoms with E-state index in [2.05, 4.69) is 21.2 Å². The second kappa shape index (κ2) is 5.92. The second-order valence-electron chi connectivity index (χ2n) is 4.12. The van der Waals surface area contributed by atoms with Gasteiger partial charge in [0, 0.05) is 4.47 Å². The van der Waals surface area contributed by atoms with Gasteiger partial charge in [0.15, 0.2) is 0 Å². The summed E-state index contributed by atoms with van der Waals surface area (Å²) in [5.41, 5.74) is -0.493. The molecule has 2 aromatic rings. The maximum absolute atomic E-state index is 13.6. The van der Waals surface area contributed by atoms with Crippen LogP contribution in [0.4, 0.5) is 10.1 Å². The summed E-state index contributed by atoms with van der Waals surface area (Å²) in [5, 5.41) is 20.7. The third-order valence-corrected chi connectivity index (χ3v) is 3.16. The standard InChI is InChI=1S/C14H9BrFNO4/c15-8-2-3-9(12(18)6-8)13(19)17-11-5-7(14(20)21)1-4-10(11)16/h1-6,18H,(H,17,19)(H,20,21). The lowest BCUT2D eigenvalue weighted by Crippen LogP contribution is -2.14. The van der Waals surface area contributed by atoms with Crippen molar-refractivity contribution in [1.82, 2.24) is 0 Å². The zero-order chi connectivity index (χ0) is 15.6. The smallest absolute Gasteiger partial charge is 0.335 e. The number of carbonyl (C=O) groups excluding carboxylic acids is 1. The molecule has 0 aliphatic carbocycles. The van der Waals surface area contributed by atoms with Crippen molar-refractivity contribution in [3.63, 3.8) is 0 Å². The first kappa shape index (κ1) is 15.0. The average molecular weight is 354 g/mol. The monoisotopic (exact) mass is 353 g/mol. The number of rotatable bonds is 3. The van der Waals surface area contributed by atoms with Crippen molar-refractivity contribution in [2.75, 3.05) is 5.32 Å². The lowest BCUT2D eigenvalue weighted by atomic mass is 10.1. The molecule has 2 rings (SSSR count). The van der Waals surface area contributed by atoms with Crippen LogP contribution in [0, 0.1) is 5.82 Å². The molecule has 0 aliphatic heterocycles. The van der Waals surface area contributed by atoms with Crippen LogP contribution in [0.3, 0.4) is 0 Å². The number of anilines is 1. The van der Waals surface area contributed by atoms with Gasteiger partial charge in [-0.15, -0.1) is 0 Å². The molecule has 108 valence electrons. The number of aromatic hydroxyl groups is 1. The maximum atomic E-state index is 13.6. The number of nitrogens with one attached hydrogen (secondary N) is 1. The Morgan fingerprint density at radius 2 is 1.86 bits per heavy atom. The predicted octanol–water partition coefficient (Wildman–Crippen LogP) is 3.24. The van der Waals surface area contributed by atoms with Crippen LogP contribution in [0.1, 0.15) is 20.7 Å². The van der Waals surface area contributed by atoms with Gasteiger partial charge >= 0.3 is 5.97 Å². The van der Waals surface area contributed by atoms with Crippen molar-refractivity contribution in [2.45, 2.75) is 0 Å². The minimum atomic E-state index is -1.24. The number of phenolic OH excluding ortho intramolecular Hbond substituents is 1. The summed E-state index contributed by atoms with van der Waals surface area (Å²) < 4.78 is 14.2. The van der Waals surface area contributed by atoms with E-state index in [-0.39, 0.29) is 22.6 Å². The molecular weight excluding hydrogens is 345 g/mol. The predicted molar refractivity (Wildman–Crippen MR) is 77.1 cm³/mol. The Bertz CT molecular complexity index is 733. The van der Waals surface area contributed by atoms with Gasteiger partial charge in [0.05, 0.1) is 16.8 Å². The summed E-state index contributed by atoms with van der Waals surface area (Å²) in [5.74, 6) is -3.04. The van der Waals surface area contributed by atoms with Gasteiger partial charge in [-0.3, -0.25) is 4.79 Å². The molecule has 3 N–H and O–H groups in total. The van der Waals surface area contributed by atoms with E-state index in [4.69, 9.17) is 5.11 Å². The molecule has 21 heavy (non-hydrogen) atoms. The number of hydrogen-bond donors (Lipinski definition) is 3. The molecule has 7 heteroatoms. The summed E-state index contributed by atoms with van der Waals surface area (Å²) >= 11 is 3.13. The molecule has 0 fully saturated rings. The van der Waals surface area contributed by atoms with Crippen LogP contribution in [0.15, 0.2) is 40.9 Å². The first-order valence-corrected chi connectivity index (χ1v) is 6.50. The number of phenols is 1. The molecule has 5 nitrogen and oxygen atoms in total. The molecule has 0 saturated carbocycles. The highest BCUT2D eigenvalue weighted by Crippen LogP contribution is 2.24. The molecular formula is C14H9BrFNO4. The van der Waals surface area contributed by atoms with E-state index in [1.54, 1.807) is 6.07 Å². The molecule has 0 heterocycles. The summed E-state index contributed by atoms with van der Waals surface area (Å²) in [6.45, 7) is 0. The van der Waals surface area contributed by atoms with Crippen LogP contribution in [-0.2, 0) is 0 Å². The normalized spacial score (nSPS) is 10.2. The zero-order valence-corrected chi connectivity index (χ0v) is 12.0. The number of aromatic carboxylic acids is 1. The summed E-state index contributed by atoms with van der Waals surface area (Å²) in [7, 11) is 0. The molecule has 0 radical (unpaired) electrons. The molecule has 2 aromatic carbocycles. The van der Waals surface area contributed by atoms with Crippen LogP contribution in [-0.4, -0.2) is 22.1 Å². The van der Waals surface area contributed by atoms with Crippen molar-refractivity contribution in [2.24, 2.45) is 0 Å². The summed E-state index contributed by atoms with van der Waals surface area (Å²) in [4.78, 5) is 22.8. The first-order chi connectivity index (χ1) is 9.88. The van der Waals surface area contributed by atoms with Crippen LogP contribution in [0.5, 0.6) is 5.75 Å². The van der Waals surface area contributed by atoms with Gasteiger partial charge in [0.25, 0.3) is 5.91 Å². The first-order valence-electron chi connectivity index (χ1n) is 5.71.